The average Bonchev–Trinajstić information content (AvgIpc) is 3.30. The lowest BCUT2D eigenvalue weighted by Gasteiger charge is -2.26. The predicted molar refractivity (Wildman–Crippen MR) is 120 cm³/mol. The van der Waals surface area contributed by atoms with Crippen molar-refractivity contribution in [1.29, 1.82) is 0 Å². The van der Waals surface area contributed by atoms with Crippen LogP contribution in [0.25, 0.3) is 27.7 Å². The number of nitrogens with one attached hydrogen (secondary N) is 1. The van der Waals surface area contributed by atoms with Crippen LogP contribution in [0.3, 0.4) is 0 Å². The molecular formula is C25H15F9N4. The van der Waals surface area contributed by atoms with Crippen molar-refractivity contribution in [3.05, 3.63) is 82.9 Å². The van der Waals surface area contributed by atoms with Crippen LogP contribution in [-0.2, 0) is 12.4 Å². The molecule has 0 bridgehead atoms. The molecule has 2 aromatic carbocycles. The van der Waals surface area contributed by atoms with Gasteiger partial charge in [0, 0.05) is 24.8 Å². The summed E-state index contributed by atoms with van der Waals surface area (Å²) in [5.41, 5.74) is -2.67. The van der Waals surface area contributed by atoms with Gasteiger partial charge in [-0.2, -0.15) is 26.3 Å². The Labute approximate surface area is 208 Å². The van der Waals surface area contributed by atoms with Crippen molar-refractivity contribution in [2.24, 2.45) is 0 Å². The Balaban J connectivity index is 1.55. The third kappa shape index (κ3) is 4.68. The van der Waals surface area contributed by atoms with Crippen molar-refractivity contribution in [3.8, 4) is 11.1 Å². The Hall–Kier alpha value is -4.03. The fourth-order valence-electron chi connectivity index (χ4n) is 4.32. The largest absolute Gasteiger partial charge is 0.418 e. The van der Waals surface area contributed by atoms with E-state index in [1.54, 1.807) is 4.90 Å². The van der Waals surface area contributed by atoms with Gasteiger partial charge in [-0.1, -0.05) is 6.08 Å². The van der Waals surface area contributed by atoms with Crippen molar-refractivity contribution in [3.63, 3.8) is 0 Å². The summed E-state index contributed by atoms with van der Waals surface area (Å²) >= 11 is 0. The number of rotatable bonds is 3. The second kappa shape index (κ2) is 9.07. The molecule has 0 radical (unpaired) electrons. The molecule has 0 saturated carbocycles. The quantitative estimate of drug-likeness (QED) is 0.217. The van der Waals surface area contributed by atoms with Crippen molar-refractivity contribution in [1.82, 2.24) is 15.0 Å². The Morgan fingerprint density at radius 3 is 2.21 bits per heavy atom. The average molecular weight is 542 g/mol. The first-order chi connectivity index (χ1) is 17.8. The SMILES string of the molecule is Fc1cc(-c2cc(C(F)(F)F)cc3[nH]c(N4CC=C(c5ncccc5C(F)(F)F)CC4)nc23)cc(F)c1F. The molecule has 0 unspecified atom stereocenters. The molecule has 2 aromatic heterocycles. The van der Waals surface area contributed by atoms with E-state index in [1.807, 2.05) is 0 Å². The van der Waals surface area contributed by atoms with Gasteiger partial charge in [0.25, 0.3) is 0 Å². The van der Waals surface area contributed by atoms with E-state index in [0.717, 1.165) is 12.1 Å². The van der Waals surface area contributed by atoms with Crippen LogP contribution in [0.2, 0.25) is 0 Å². The number of anilines is 1. The number of aromatic nitrogens is 3. The molecule has 0 spiro atoms. The molecule has 4 nitrogen and oxygen atoms in total. The second-order valence-corrected chi connectivity index (χ2v) is 8.55. The van der Waals surface area contributed by atoms with Gasteiger partial charge >= 0.3 is 12.4 Å². The Kier molecular flexibility index (Phi) is 6.11. The van der Waals surface area contributed by atoms with E-state index in [2.05, 4.69) is 15.0 Å². The van der Waals surface area contributed by atoms with Crippen LogP contribution in [0.5, 0.6) is 0 Å². The number of halogens is 9. The molecule has 13 heteroatoms. The minimum Gasteiger partial charge on any atom is -0.338 e. The summed E-state index contributed by atoms with van der Waals surface area (Å²) in [7, 11) is 0. The number of nitrogens with zero attached hydrogens (tertiary/aromatic N) is 3. The normalized spacial score (nSPS) is 14.8. The topological polar surface area (TPSA) is 44.8 Å². The van der Waals surface area contributed by atoms with Gasteiger partial charge in [-0.25, -0.2) is 18.2 Å². The molecule has 0 aliphatic carbocycles. The lowest BCUT2D eigenvalue weighted by Crippen LogP contribution is -2.29. The second-order valence-electron chi connectivity index (χ2n) is 8.55. The minimum atomic E-state index is -4.81. The maximum atomic E-state index is 13.9. The number of alkyl halides is 6. The molecule has 198 valence electrons. The molecule has 4 aromatic rings. The smallest absolute Gasteiger partial charge is 0.338 e. The fourth-order valence-corrected chi connectivity index (χ4v) is 4.32. The van der Waals surface area contributed by atoms with Gasteiger partial charge in [-0.05, 0) is 54.0 Å². The summed E-state index contributed by atoms with van der Waals surface area (Å²) in [5.74, 6) is -4.83. The van der Waals surface area contributed by atoms with Crippen LogP contribution in [0.1, 0.15) is 23.2 Å². The van der Waals surface area contributed by atoms with Gasteiger partial charge in [0.15, 0.2) is 17.5 Å². The number of hydrogen-bond donors (Lipinski definition) is 1. The highest BCUT2D eigenvalue weighted by Crippen LogP contribution is 2.39. The standard InChI is InChI=1S/C25H15F9N4/c26-17-8-13(9-18(27)20(17)28)15-10-14(24(29,30)31)11-19-22(15)37-23(36-19)38-6-3-12(4-7-38)21-16(25(32,33)34)2-1-5-35-21/h1-3,5,8-11H,4,6-7H2,(H,36,37). The first-order valence-corrected chi connectivity index (χ1v) is 11.1. The van der Waals surface area contributed by atoms with E-state index in [1.165, 1.54) is 18.3 Å². The Morgan fingerprint density at radius 1 is 0.895 bits per heavy atom. The van der Waals surface area contributed by atoms with E-state index < -0.39 is 40.9 Å². The molecule has 0 saturated heterocycles. The van der Waals surface area contributed by atoms with Crippen molar-refractivity contribution in [2.45, 2.75) is 18.8 Å². The highest BCUT2D eigenvalue weighted by atomic mass is 19.4. The van der Waals surface area contributed by atoms with Gasteiger partial charge in [-0.15, -0.1) is 0 Å². The van der Waals surface area contributed by atoms with Gasteiger partial charge in [0.2, 0.25) is 5.95 Å². The summed E-state index contributed by atoms with van der Waals surface area (Å²) in [4.78, 5) is 12.5. The fraction of sp³-hybridized carbons (Fsp3) is 0.200. The van der Waals surface area contributed by atoms with E-state index in [-0.39, 0.29) is 53.3 Å². The van der Waals surface area contributed by atoms with Crippen LogP contribution < -0.4 is 4.90 Å². The van der Waals surface area contributed by atoms with Crippen LogP contribution in [0.4, 0.5) is 45.5 Å². The van der Waals surface area contributed by atoms with Crippen LogP contribution >= 0.6 is 0 Å². The highest BCUT2D eigenvalue weighted by Gasteiger charge is 2.35. The van der Waals surface area contributed by atoms with Crippen LogP contribution in [0.15, 0.2) is 48.7 Å². The maximum absolute atomic E-state index is 13.9. The monoisotopic (exact) mass is 542 g/mol. The number of hydrogen-bond acceptors (Lipinski definition) is 3. The van der Waals surface area contributed by atoms with Gasteiger partial charge in [0.05, 0.1) is 27.9 Å². The number of pyridine rings is 1. The molecule has 1 N–H and O–H groups in total. The van der Waals surface area contributed by atoms with E-state index >= 15 is 0 Å². The molecule has 5 rings (SSSR count). The van der Waals surface area contributed by atoms with Crippen LogP contribution in [0, 0.1) is 17.5 Å². The molecule has 1 aliphatic rings. The lowest BCUT2D eigenvalue weighted by atomic mass is 10.00. The molecule has 0 fully saturated rings. The van der Waals surface area contributed by atoms with Crippen LogP contribution in [-0.4, -0.2) is 28.0 Å². The maximum Gasteiger partial charge on any atom is 0.418 e. The molecule has 0 atom stereocenters. The first kappa shape index (κ1) is 25.6. The van der Waals surface area contributed by atoms with E-state index in [4.69, 9.17) is 0 Å². The van der Waals surface area contributed by atoms with Gasteiger partial charge in [0.1, 0.15) is 0 Å². The minimum absolute atomic E-state index is 0.0581. The van der Waals surface area contributed by atoms with Gasteiger partial charge in [-0.3, -0.25) is 4.98 Å². The zero-order valence-corrected chi connectivity index (χ0v) is 19.0. The number of H-pyrrole nitrogens is 1. The van der Waals surface area contributed by atoms with Crippen molar-refractivity contribution in [2.75, 3.05) is 18.0 Å². The van der Waals surface area contributed by atoms with E-state index in [9.17, 15) is 39.5 Å². The molecule has 0 amide bonds. The summed E-state index contributed by atoms with van der Waals surface area (Å²) in [5, 5.41) is 0. The van der Waals surface area contributed by atoms with Crippen molar-refractivity contribution < 1.29 is 39.5 Å². The molecular weight excluding hydrogens is 527 g/mol. The Bertz CT molecular complexity index is 1540. The summed E-state index contributed by atoms with van der Waals surface area (Å²) in [6.45, 7) is 0.213. The predicted octanol–water partition coefficient (Wildman–Crippen LogP) is 7.37. The summed E-state index contributed by atoms with van der Waals surface area (Å²) in [6, 6.07) is 4.69. The summed E-state index contributed by atoms with van der Waals surface area (Å²) in [6.07, 6.45) is -6.52. The Morgan fingerprint density at radius 2 is 1.61 bits per heavy atom. The number of aromatic amines is 1. The van der Waals surface area contributed by atoms with Crippen molar-refractivity contribution >= 4 is 22.6 Å². The first-order valence-electron chi connectivity index (χ1n) is 11.1. The van der Waals surface area contributed by atoms with Gasteiger partial charge < -0.3 is 9.88 Å². The zero-order valence-electron chi connectivity index (χ0n) is 19.0. The number of imidazole rings is 1. The zero-order chi connectivity index (χ0) is 27.4. The highest BCUT2D eigenvalue weighted by molar-refractivity contribution is 5.94. The summed E-state index contributed by atoms with van der Waals surface area (Å²) < 4.78 is 122. The third-order valence-corrected chi connectivity index (χ3v) is 6.12. The molecule has 3 heterocycles. The lowest BCUT2D eigenvalue weighted by molar-refractivity contribution is -0.138. The number of benzene rings is 2. The number of fused-ring (bicyclic) bond motifs is 1. The molecule has 38 heavy (non-hydrogen) atoms. The molecule has 1 aliphatic heterocycles. The third-order valence-electron chi connectivity index (χ3n) is 6.12. The van der Waals surface area contributed by atoms with E-state index in [0.29, 0.717) is 23.8 Å².